The first-order valence-electron chi connectivity index (χ1n) is 15.5. The van der Waals surface area contributed by atoms with Crippen LogP contribution in [-0.2, 0) is 18.9 Å². The van der Waals surface area contributed by atoms with Crippen LogP contribution in [0.3, 0.4) is 0 Å². The predicted molar refractivity (Wildman–Crippen MR) is 191 cm³/mol. The molecule has 0 radical (unpaired) electrons. The number of hydrogen-bond acceptors (Lipinski definition) is 9. The van der Waals surface area contributed by atoms with Crippen molar-refractivity contribution in [2.75, 3.05) is 12.9 Å². The Bertz CT molecular complexity index is 2200. The van der Waals surface area contributed by atoms with Crippen LogP contribution in [0.1, 0.15) is 37.3 Å². The van der Waals surface area contributed by atoms with E-state index in [9.17, 15) is 14.4 Å². The summed E-state index contributed by atoms with van der Waals surface area (Å²) in [5, 5.41) is 2.94. The number of halogens is 2. The van der Waals surface area contributed by atoms with E-state index in [1.54, 1.807) is 108 Å². The molecule has 1 saturated heterocycles. The van der Waals surface area contributed by atoms with E-state index in [0.717, 1.165) is 10.8 Å². The fourth-order valence-corrected chi connectivity index (χ4v) is 6.80. The molecule has 0 aliphatic carbocycles. The standard InChI is InChI=1S/C38H28Cl2N2O7S/c1-50-38-41-29-19-25-17-27(39)28(40)18-26(25)20-30(29)42(38)34-33(49-37(45)24-15-9-4-10-16-24)32(48-36(44)23-13-7-3-8-14-23)31(47-34)21-46-35(43)22-11-5-2-6-12-22/h2-20,31-34H,21H2,1H3/t31-,32-,33?,34-/m1/s1. The summed E-state index contributed by atoms with van der Waals surface area (Å²) >= 11 is 14.1. The molecule has 50 heavy (non-hydrogen) atoms. The zero-order chi connectivity index (χ0) is 34.8. The van der Waals surface area contributed by atoms with Crippen molar-refractivity contribution in [3.8, 4) is 0 Å². The molecule has 5 aromatic carbocycles. The maximum Gasteiger partial charge on any atom is 0.338 e. The number of ether oxygens (including phenoxy) is 4. The van der Waals surface area contributed by atoms with Crippen LogP contribution in [0.5, 0.6) is 0 Å². The van der Waals surface area contributed by atoms with Crippen molar-refractivity contribution in [1.82, 2.24) is 9.55 Å². The molecule has 1 aliphatic rings. The lowest BCUT2D eigenvalue weighted by Crippen LogP contribution is -2.41. The molecule has 0 saturated carbocycles. The number of hydrogen-bond donors (Lipinski definition) is 0. The van der Waals surface area contributed by atoms with Gasteiger partial charge in [0.1, 0.15) is 12.7 Å². The molecule has 0 bridgehead atoms. The first-order valence-corrected chi connectivity index (χ1v) is 17.5. The van der Waals surface area contributed by atoms with Gasteiger partial charge in [-0.15, -0.1) is 0 Å². The van der Waals surface area contributed by atoms with Crippen molar-refractivity contribution in [1.29, 1.82) is 0 Å². The summed E-state index contributed by atoms with van der Waals surface area (Å²) in [6.45, 7) is -0.311. The molecule has 1 fully saturated rings. The number of aromatic nitrogens is 2. The quantitative estimate of drug-likeness (QED) is 0.0825. The van der Waals surface area contributed by atoms with Crippen LogP contribution in [0.4, 0.5) is 0 Å². The first kappa shape index (κ1) is 33.6. The normalized spacial score (nSPS) is 18.6. The fourth-order valence-electron chi connectivity index (χ4n) is 5.87. The molecule has 0 N–H and O–H groups in total. The fraction of sp³-hybridized carbons (Fsp3) is 0.158. The van der Waals surface area contributed by atoms with Crippen molar-refractivity contribution in [2.45, 2.75) is 29.7 Å². The zero-order valence-corrected chi connectivity index (χ0v) is 28.7. The molecule has 1 unspecified atom stereocenters. The molecule has 0 amide bonds. The summed E-state index contributed by atoms with van der Waals surface area (Å²) in [5.74, 6) is -1.92. The second-order valence-corrected chi connectivity index (χ2v) is 13.0. The summed E-state index contributed by atoms with van der Waals surface area (Å²) in [7, 11) is 0. The number of benzene rings is 5. The number of esters is 3. The average molecular weight is 728 g/mol. The summed E-state index contributed by atoms with van der Waals surface area (Å²) in [5.41, 5.74) is 2.16. The second-order valence-electron chi connectivity index (χ2n) is 11.4. The molecule has 2 heterocycles. The van der Waals surface area contributed by atoms with Crippen molar-refractivity contribution in [3.63, 3.8) is 0 Å². The van der Waals surface area contributed by atoms with Gasteiger partial charge in [0.2, 0.25) is 0 Å². The minimum atomic E-state index is -1.21. The third-order valence-electron chi connectivity index (χ3n) is 8.27. The van der Waals surface area contributed by atoms with Crippen LogP contribution in [0, 0.1) is 0 Å². The van der Waals surface area contributed by atoms with Gasteiger partial charge in [0.05, 0.1) is 37.8 Å². The summed E-state index contributed by atoms with van der Waals surface area (Å²) in [6.07, 6.45) is -2.66. The molecular formula is C38H28Cl2N2O7S. The lowest BCUT2D eigenvalue weighted by atomic mass is 10.1. The molecule has 1 aromatic heterocycles. The van der Waals surface area contributed by atoms with Gasteiger partial charge < -0.3 is 18.9 Å². The third kappa shape index (κ3) is 6.80. The minimum Gasteiger partial charge on any atom is -0.459 e. The van der Waals surface area contributed by atoms with Crippen LogP contribution in [0.25, 0.3) is 21.8 Å². The lowest BCUT2D eigenvalue weighted by molar-refractivity contribution is -0.0636. The van der Waals surface area contributed by atoms with E-state index >= 15 is 0 Å². The van der Waals surface area contributed by atoms with Crippen LogP contribution < -0.4 is 0 Å². The van der Waals surface area contributed by atoms with Gasteiger partial charge >= 0.3 is 17.9 Å². The summed E-state index contributed by atoms with van der Waals surface area (Å²) in [6, 6.07) is 32.7. The SMILES string of the molecule is CSc1nc2cc3cc(Cl)c(Cl)cc3cc2n1[C@@H]1O[C@H](COC(=O)c2ccccc2)[C@@H](OC(=O)c2ccccc2)C1OC(=O)c1ccccc1. The number of thioether (sulfide) groups is 1. The number of imidazole rings is 1. The number of carbonyl (C=O) groups is 3. The number of carbonyl (C=O) groups excluding carboxylic acids is 3. The maximum absolute atomic E-state index is 13.7. The van der Waals surface area contributed by atoms with Crippen molar-refractivity contribution in [3.05, 3.63) is 142 Å². The smallest absolute Gasteiger partial charge is 0.338 e. The summed E-state index contributed by atoms with van der Waals surface area (Å²) < 4.78 is 26.4. The van der Waals surface area contributed by atoms with Crippen LogP contribution in [-0.4, -0.2) is 58.6 Å². The monoisotopic (exact) mass is 726 g/mol. The average Bonchev–Trinajstić information content (AvgIpc) is 3.67. The maximum atomic E-state index is 13.7. The van der Waals surface area contributed by atoms with Gasteiger partial charge in [0.25, 0.3) is 0 Å². The minimum absolute atomic E-state index is 0.281. The van der Waals surface area contributed by atoms with Crippen LogP contribution >= 0.6 is 35.0 Å². The number of nitrogens with zero attached hydrogens (tertiary/aromatic N) is 2. The van der Waals surface area contributed by atoms with E-state index in [2.05, 4.69) is 0 Å². The van der Waals surface area contributed by atoms with E-state index in [4.69, 9.17) is 47.1 Å². The Morgan fingerprint density at radius 2 is 1.22 bits per heavy atom. The van der Waals surface area contributed by atoms with E-state index in [0.29, 0.717) is 31.8 Å². The van der Waals surface area contributed by atoms with Gasteiger partial charge in [-0.1, -0.05) is 89.6 Å². The summed E-state index contributed by atoms with van der Waals surface area (Å²) in [4.78, 5) is 45.2. The van der Waals surface area contributed by atoms with E-state index in [-0.39, 0.29) is 17.7 Å². The highest BCUT2D eigenvalue weighted by molar-refractivity contribution is 7.98. The molecule has 1 aliphatic heterocycles. The number of rotatable bonds is 9. The molecule has 252 valence electrons. The molecular weight excluding hydrogens is 699 g/mol. The van der Waals surface area contributed by atoms with E-state index < -0.39 is 42.4 Å². The topological polar surface area (TPSA) is 106 Å². The van der Waals surface area contributed by atoms with Gasteiger partial charge in [-0.2, -0.15) is 0 Å². The van der Waals surface area contributed by atoms with Gasteiger partial charge in [-0.05, 0) is 77.7 Å². The Kier molecular flexibility index (Phi) is 9.78. The Labute approximate surface area is 301 Å². The van der Waals surface area contributed by atoms with Crippen LogP contribution in [0.2, 0.25) is 10.0 Å². The highest BCUT2D eigenvalue weighted by Gasteiger charge is 2.52. The first-order chi connectivity index (χ1) is 24.3. The Morgan fingerprint density at radius 1 is 0.720 bits per heavy atom. The van der Waals surface area contributed by atoms with Crippen molar-refractivity contribution < 1.29 is 33.3 Å². The molecule has 4 atom stereocenters. The Balaban J connectivity index is 1.33. The highest BCUT2D eigenvalue weighted by atomic mass is 35.5. The highest BCUT2D eigenvalue weighted by Crippen LogP contribution is 2.41. The molecule has 6 aromatic rings. The number of fused-ring (bicyclic) bond motifs is 2. The van der Waals surface area contributed by atoms with Crippen molar-refractivity contribution >= 4 is 74.7 Å². The molecule has 12 heteroatoms. The predicted octanol–water partition coefficient (Wildman–Crippen LogP) is 8.42. The Morgan fingerprint density at radius 3 is 1.76 bits per heavy atom. The third-order valence-corrected chi connectivity index (χ3v) is 9.65. The van der Waals surface area contributed by atoms with E-state index in [1.165, 1.54) is 11.8 Å². The molecule has 7 rings (SSSR count). The van der Waals surface area contributed by atoms with Gasteiger partial charge in [-0.3, -0.25) is 4.57 Å². The van der Waals surface area contributed by atoms with Gasteiger partial charge in [0.15, 0.2) is 23.6 Å². The lowest BCUT2D eigenvalue weighted by Gasteiger charge is -2.25. The Hall–Kier alpha value is -4.87. The molecule has 9 nitrogen and oxygen atoms in total. The second kappa shape index (κ2) is 14.5. The van der Waals surface area contributed by atoms with Gasteiger partial charge in [0, 0.05) is 0 Å². The largest absolute Gasteiger partial charge is 0.459 e. The van der Waals surface area contributed by atoms with Crippen molar-refractivity contribution in [2.24, 2.45) is 0 Å². The van der Waals surface area contributed by atoms with Gasteiger partial charge in [-0.25, -0.2) is 19.4 Å². The molecule has 0 spiro atoms. The zero-order valence-electron chi connectivity index (χ0n) is 26.4. The van der Waals surface area contributed by atoms with Crippen LogP contribution in [0.15, 0.2) is 120 Å². The van der Waals surface area contributed by atoms with E-state index in [1.807, 2.05) is 18.4 Å².